The molecule has 0 aromatic rings. The first-order chi connectivity index (χ1) is 23.8. The summed E-state index contributed by atoms with van der Waals surface area (Å²) in [6.45, 7) is 0. The zero-order valence-corrected chi connectivity index (χ0v) is 26.1. The Morgan fingerprint density at radius 1 is 0.959 bits per heavy atom. The summed E-state index contributed by atoms with van der Waals surface area (Å²) in [7, 11) is 0. The number of carbonyl (C=O) groups is 3. The van der Waals surface area contributed by atoms with Crippen LogP contribution in [0.3, 0.4) is 0 Å². The molecule has 9 heteroatoms. The maximum atomic E-state index is 15.0. The van der Waals surface area contributed by atoms with Crippen molar-refractivity contribution >= 4 is 17.7 Å². The summed E-state index contributed by atoms with van der Waals surface area (Å²) in [6.07, 6.45) is 16.5. The highest BCUT2D eigenvalue weighted by molar-refractivity contribution is 6.09. The number of urea groups is 1. The number of Topliss-reactive ketones (excluding diaryl/α,β-unsaturated/α-hetero) is 1. The highest BCUT2D eigenvalue weighted by atomic mass is 16.5. The van der Waals surface area contributed by atoms with E-state index in [-0.39, 0.29) is 77.4 Å². The molecule has 0 radical (unpaired) electrons. The largest absolute Gasteiger partial charge is 0.366 e. The van der Waals surface area contributed by atoms with E-state index in [4.69, 9.17) is 16.2 Å². The van der Waals surface area contributed by atoms with Gasteiger partial charge in [0.15, 0.2) is 5.78 Å². The first-order valence-corrected chi connectivity index (χ1v) is 17.5. The Labute approximate surface area is 280 Å². The minimum absolute atomic E-state index is 0.0103. The summed E-state index contributed by atoms with van der Waals surface area (Å²) in [5, 5.41) is 17.0. The molecule has 6 N–H and O–H groups in total. The van der Waals surface area contributed by atoms with Crippen molar-refractivity contribution in [3.8, 4) is 6.07 Å². The predicted molar refractivity (Wildman–Crippen MR) is 174 cm³/mol. The number of amides is 3. The van der Waals surface area contributed by atoms with E-state index in [9.17, 15) is 14.9 Å². The smallest absolute Gasteiger partial charge is 0.319 e. The maximum absolute atomic E-state index is 15.0. The second-order valence-electron chi connectivity index (χ2n) is 15.9. The van der Waals surface area contributed by atoms with Crippen molar-refractivity contribution < 1.29 is 19.1 Å². The molecule has 2 aliphatic heterocycles. The molecule has 0 saturated heterocycles. The lowest BCUT2D eigenvalue weighted by Crippen LogP contribution is -2.63. The molecule has 0 spiro atoms. The first-order valence-electron chi connectivity index (χ1n) is 17.5. The molecule has 3 amide bonds. The van der Waals surface area contributed by atoms with E-state index < -0.39 is 17.9 Å². The highest BCUT2D eigenvalue weighted by Gasteiger charge is 2.68. The number of nitriles is 1. The van der Waals surface area contributed by atoms with Gasteiger partial charge in [-0.15, -0.1) is 0 Å². The topological polar surface area (TPSA) is 160 Å². The lowest BCUT2D eigenvalue weighted by molar-refractivity contribution is -0.121. The van der Waals surface area contributed by atoms with Crippen LogP contribution in [0.1, 0.15) is 6.42 Å². The molecule has 9 nitrogen and oxygen atoms in total. The number of hydrogen-bond donors (Lipinski definition) is 4. The van der Waals surface area contributed by atoms with Crippen molar-refractivity contribution in [1.82, 2.24) is 10.6 Å². The number of ketones is 1. The standard InChI is InChI=1S/C40H29N5O4/c41-10-13-7-15-16(39(43)47)6-12-8-18(42)28-34-24(12)26(15)25-14(13)9-22-32-35(25)36(34)27-17(38(28)46)5-11-1-2-19-29-23(11)33(27)37(32)31-21(49-22)4-3-20(30(29)31)45-40(48)44-19/h1-7,9,12,15,18,20-26,28,32,35H,8,42H2,(H2,43,47)(H2,44,45,48). The van der Waals surface area contributed by atoms with Gasteiger partial charge in [0, 0.05) is 46.6 Å². The van der Waals surface area contributed by atoms with Gasteiger partial charge in [-0.25, -0.2) is 4.79 Å². The van der Waals surface area contributed by atoms with E-state index in [2.05, 4.69) is 41.0 Å². The van der Waals surface area contributed by atoms with Crippen LogP contribution in [0.4, 0.5) is 4.79 Å². The summed E-state index contributed by atoms with van der Waals surface area (Å²) in [5.74, 6) is -1.45. The molecule has 0 aromatic carbocycles. The van der Waals surface area contributed by atoms with Crippen molar-refractivity contribution in [3.63, 3.8) is 0 Å². The van der Waals surface area contributed by atoms with E-state index >= 15 is 4.79 Å². The van der Waals surface area contributed by atoms with Gasteiger partial charge in [0.05, 0.1) is 29.7 Å². The number of allylic oxidation sites excluding steroid dienone is 13. The van der Waals surface area contributed by atoms with Crippen molar-refractivity contribution in [2.45, 2.75) is 30.7 Å². The summed E-state index contributed by atoms with van der Waals surface area (Å²) in [6, 6.07) is 1.56. The number of carbonyl (C=O) groups excluding carboxylic acids is 3. The Morgan fingerprint density at radius 3 is 2.67 bits per heavy atom. The quantitative estimate of drug-likeness (QED) is 0.322. The molecule has 49 heavy (non-hydrogen) atoms. The number of hydrogen-bond acceptors (Lipinski definition) is 6. The first kappa shape index (κ1) is 25.9. The van der Waals surface area contributed by atoms with Gasteiger partial charge in [0.1, 0.15) is 6.10 Å². The molecule has 13 aliphatic rings. The van der Waals surface area contributed by atoms with Gasteiger partial charge >= 0.3 is 6.03 Å². The van der Waals surface area contributed by atoms with Crippen LogP contribution in [0.2, 0.25) is 0 Å². The molecular formula is C40H29N5O4. The third-order valence-corrected chi connectivity index (χ3v) is 14.4. The molecular weight excluding hydrogens is 614 g/mol. The van der Waals surface area contributed by atoms with Crippen molar-refractivity contribution in [1.29, 1.82) is 5.26 Å². The van der Waals surface area contributed by atoms with Crippen molar-refractivity contribution in [2.75, 3.05) is 0 Å². The molecule has 0 bridgehead atoms. The number of nitrogens with one attached hydrogen (secondary N) is 2. The zero-order valence-electron chi connectivity index (χ0n) is 26.1. The SMILES string of the molecule is N#CC1=CC2C(C(N)=O)=CC3CC(N)C4C(=O)C5=CC6=CC=C7NC(=O)NC8C=CC9OC%10C=C1C1C%11C(=C4C3C21)C5=C1C(=C9C8=C7C61)C%10%11. The monoisotopic (exact) mass is 643 g/mol. The van der Waals surface area contributed by atoms with Crippen LogP contribution in [-0.4, -0.2) is 42.0 Å². The normalized spacial score (nSPS) is 45.3. The van der Waals surface area contributed by atoms with Crippen molar-refractivity contribution in [3.05, 3.63) is 127 Å². The number of primary amides is 1. The second kappa shape index (κ2) is 7.88. The van der Waals surface area contributed by atoms with Gasteiger partial charge in [-0.3, -0.25) is 9.59 Å². The number of rotatable bonds is 1. The van der Waals surface area contributed by atoms with Crippen LogP contribution >= 0.6 is 0 Å². The summed E-state index contributed by atoms with van der Waals surface area (Å²) in [5.41, 5.74) is 27.1. The lowest BCUT2D eigenvalue weighted by Gasteiger charge is -2.66. The highest BCUT2D eigenvalue weighted by Crippen LogP contribution is 2.73. The van der Waals surface area contributed by atoms with Gasteiger partial charge in [0.25, 0.3) is 0 Å². The summed E-state index contributed by atoms with van der Waals surface area (Å²) < 4.78 is 7.11. The van der Waals surface area contributed by atoms with E-state index in [1.165, 1.54) is 22.3 Å². The fourth-order valence-electron chi connectivity index (χ4n) is 13.3. The zero-order chi connectivity index (χ0) is 32.5. The molecule has 13 rings (SSSR count). The molecule has 1 saturated carbocycles. The molecule has 0 aromatic heterocycles. The van der Waals surface area contributed by atoms with Crippen LogP contribution in [0.25, 0.3) is 0 Å². The van der Waals surface area contributed by atoms with Crippen LogP contribution in [0.5, 0.6) is 0 Å². The predicted octanol–water partition coefficient (Wildman–Crippen LogP) is 2.68. The number of ether oxygens (including phenoxy) is 1. The Kier molecular flexibility index (Phi) is 4.17. The Balaban J connectivity index is 1.22. The Hall–Kier alpha value is -5.04. The van der Waals surface area contributed by atoms with Crippen molar-refractivity contribution in [2.24, 2.45) is 64.7 Å². The molecule has 2 heterocycles. The van der Waals surface area contributed by atoms with Gasteiger partial charge < -0.3 is 26.8 Å². The molecule has 238 valence electrons. The molecule has 13 atom stereocenters. The Bertz CT molecular complexity index is 2360. The third kappa shape index (κ3) is 2.59. The average molecular weight is 644 g/mol. The third-order valence-electron chi connectivity index (χ3n) is 14.4. The lowest BCUT2D eigenvalue weighted by atomic mass is 9.38. The number of nitrogens with zero attached hydrogens (tertiary/aromatic N) is 1. The summed E-state index contributed by atoms with van der Waals surface area (Å²) >= 11 is 0. The Morgan fingerprint density at radius 2 is 1.84 bits per heavy atom. The van der Waals surface area contributed by atoms with Gasteiger partial charge in [-0.2, -0.15) is 5.26 Å². The van der Waals surface area contributed by atoms with Crippen LogP contribution in [0.15, 0.2) is 127 Å². The summed E-state index contributed by atoms with van der Waals surface area (Å²) in [4.78, 5) is 41.4. The van der Waals surface area contributed by atoms with E-state index in [0.29, 0.717) is 17.6 Å². The second-order valence-corrected chi connectivity index (χ2v) is 15.9. The van der Waals surface area contributed by atoms with Gasteiger partial charge in [-0.1, -0.05) is 36.5 Å². The van der Waals surface area contributed by atoms with Crippen LogP contribution in [0, 0.1) is 64.6 Å². The molecule has 1 fully saturated rings. The van der Waals surface area contributed by atoms with Crippen LogP contribution in [-0.2, 0) is 14.3 Å². The maximum Gasteiger partial charge on any atom is 0.319 e. The fourth-order valence-corrected chi connectivity index (χ4v) is 13.3. The van der Waals surface area contributed by atoms with E-state index in [1.807, 2.05) is 24.3 Å². The van der Waals surface area contributed by atoms with E-state index in [1.54, 1.807) is 0 Å². The van der Waals surface area contributed by atoms with Gasteiger partial charge in [-0.05, 0) is 98.0 Å². The number of nitrogens with two attached hydrogens (primary N) is 2. The van der Waals surface area contributed by atoms with Crippen LogP contribution < -0.4 is 22.1 Å². The minimum atomic E-state index is -0.454. The molecule has 11 aliphatic carbocycles. The van der Waals surface area contributed by atoms with Gasteiger partial charge in [0.2, 0.25) is 5.91 Å². The fraction of sp³-hybridized carbons (Fsp3) is 0.350. The average Bonchev–Trinajstić information content (AvgIpc) is 3.24. The molecule has 13 unspecified atom stereocenters. The van der Waals surface area contributed by atoms with E-state index in [0.717, 1.165) is 44.7 Å². The minimum Gasteiger partial charge on any atom is -0.366 e.